The van der Waals surface area contributed by atoms with Gasteiger partial charge < -0.3 is 9.64 Å². The third-order valence-corrected chi connectivity index (χ3v) is 6.15. The molecule has 0 spiro atoms. The van der Waals surface area contributed by atoms with Gasteiger partial charge in [-0.2, -0.15) is 0 Å². The van der Waals surface area contributed by atoms with Crippen LogP contribution in [0, 0.1) is 0 Å². The van der Waals surface area contributed by atoms with Crippen molar-refractivity contribution in [2.75, 3.05) is 24.9 Å². The monoisotopic (exact) mass is 420 g/mol. The minimum atomic E-state index is -3.93. The maximum absolute atomic E-state index is 12.8. The molecule has 148 valence electrons. The zero-order valence-electron chi connectivity index (χ0n) is 15.4. The summed E-state index contributed by atoms with van der Waals surface area (Å²) >= 11 is 5.96. The quantitative estimate of drug-likeness (QED) is 0.743. The van der Waals surface area contributed by atoms with Crippen molar-refractivity contribution in [3.63, 3.8) is 0 Å². The van der Waals surface area contributed by atoms with Gasteiger partial charge in [0.1, 0.15) is 5.75 Å². The predicted octanol–water partition coefficient (Wildman–Crippen LogP) is 3.94. The highest BCUT2D eigenvalue weighted by atomic mass is 35.5. The van der Waals surface area contributed by atoms with Gasteiger partial charge in [0.15, 0.2) is 0 Å². The summed E-state index contributed by atoms with van der Waals surface area (Å²) in [6, 6.07) is 10.6. The molecule has 0 unspecified atom stereocenters. The number of halogens is 1. The van der Waals surface area contributed by atoms with E-state index in [1.54, 1.807) is 29.2 Å². The van der Waals surface area contributed by atoms with Gasteiger partial charge in [-0.1, -0.05) is 29.8 Å². The number of hydrogen-bond acceptors (Lipinski definition) is 4. The van der Waals surface area contributed by atoms with Crippen LogP contribution in [-0.4, -0.2) is 39.4 Å². The van der Waals surface area contributed by atoms with Gasteiger partial charge in [0.25, 0.3) is 15.9 Å². The molecule has 2 aromatic carbocycles. The Kier molecular flexibility index (Phi) is 5.96. The Hall–Kier alpha value is -2.51. The van der Waals surface area contributed by atoms with Crippen LogP contribution in [0.15, 0.2) is 59.5 Å². The van der Waals surface area contributed by atoms with E-state index in [9.17, 15) is 13.2 Å². The summed E-state index contributed by atoms with van der Waals surface area (Å²) in [7, 11) is -2.49. The number of nitrogens with one attached hydrogen (secondary N) is 1. The van der Waals surface area contributed by atoms with Crippen LogP contribution in [0.3, 0.4) is 0 Å². The molecule has 3 rings (SSSR count). The van der Waals surface area contributed by atoms with Gasteiger partial charge in [0, 0.05) is 23.7 Å². The van der Waals surface area contributed by atoms with Crippen molar-refractivity contribution < 1.29 is 17.9 Å². The summed E-state index contributed by atoms with van der Waals surface area (Å²) < 4.78 is 33.3. The van der Waals surface area contributed by atoms with Crippen molar-refractivity contribution in [3.05, 3.63) is 65.2 Å². The molecule has 0 radical (unpaired) electrons. The van der Waals surface area contributed by atoms with Crippen molar-refractivity contribution in [1.29, 1.82) is 0 Å². The van der Waals surface area contributed by atoms with E-state index in [-0.39, 0.29) is 16.5 Å². The Labute approximate surface area is 169 Å². The Bertz CT molecular complexity index is 1010. The molecule has 1 fully saturated rings. The summed E-state index contributed by atoms with van der Waals surface area (Å²) in [5.74, 6) is 0.152. The first-order valence-electron chi connectivity index (χ1n) is 8.72. The van der Waals surface area contributed by atoms with Crippen molar-refractivity contribution in [1.82, 2.24) is 4.90 Å². The van der Waals surface area contributed by atoms with E-state index in [1.807, 2.05) is 0 Å². The molecule has 0 bridgehead atoms. The van der Waals surface area contributed by atoms with Crippen LogP contribution in [-0.2, 0) is 10.0 Å². The summed E-state index contributed by atoms with van der Waals surface area (Å²) in [5, 5.41) is 0.370. The lowest BCUT2D eigenvalue weighted by molar-refractivity contribution is 0.0743. The number of ether oxygens (including phenoxy) is 1. The normalized spacial score (nSPS) is 14.6. The number of sulfonamides is 1. The molecule has 1 amide bonds. The molecule has 0 atom stereocenters. The molecule has 6 nitrogen and oxygen atoms in total. The fraction of sp³-hybridized carbons (Fsp3) is 0.250. The fourth-order valence-electron chi connectivity index (χ4n) is 2.97. The number of hydrogen-bond donors (Lipinski definition) is 1. The minimum absolute atomic E-state index is 0.0122. The topological polar surface area (TPSA) is 75.7 Å². The van der Waals surface area contributed by atoms with Crippen LogP contribution in [0.5, 0.6) is 5.75 Å². The Morgan fingerprint density at radius 2 is 1.89 bits per heavy atom. The smallest absolute Gasteiger partial charge is 0.262 e. The first kappa shape index (κ1) is 20.2. The molecule has 0 aromatic heterocycles. The van der Waals surface area contributed by atoms with Crippen molar-refractivity contribution >= 4 is 33.2 Å². The van der Waals surface area contributed by atoms with Crippen LogP contribution >= 0.6 is 11.6 Å². The number of carbonyl (C=O) groups excluding carboxylic acids is 1. The van der Waals surface area contributed by atoms with E-state index < -0.39 is 10.0 Å². The van der Waals surface area contributed by atoms with E-state index in [2.05, 4.69) is 11.3 Å². The minimum Gasteiger partial charge on any atom is -0.495 e. The van der Waals surface area contributed by atoms with Gasteiger partial charge in [0.2, 0.25) is 0 Å². The zero-order valence-corrected chi connectivity index (χ0v) is 17.0. The Balaban J connectivity index is 1.85. The Morgan fingerprint density at radius 3 is 2.57 bits per heavy atom. The first-order valence-corrected chi connectivity index (χ1v) is 10.6. The number of carbonyl (C=O) groups is 1. The average Bonchev–Trinajstić information content (AvgIpc) is 2.68. The van der Waals surface area contributed by atoms with E-state index in [0.29, 0.717) is 29.4 Å². The number of rotatable bonds is 5. The van der Waals surface area contributed by atoms with Gasteiger partial charge in [-0.25, -0.2) is 8.42 Å². The van der Waals surface area contributed by atoms with Crippen molar-refractivity contribution in [2.45, 2.75) is 17.7 Å². The summed E-state index contributed by atoms with van der Waals surface area (Å²) in [4.78, 5) is 14.4. The standard InChI is InChI=1S/C20H21ClN2O4S/c1-14-8-10-23(11-9-14)20(24)15-4-3-5-17(12-15)28(25,26)22-18-13-16(21)6-7-19(18)27-2/h3-7,12-13,22H,1,8-11H2,2H3. The van der Waals surface area contributed by atoms with Gasteiger partial charge in [-0.3, -0.25) is 9.52 Å². The maximum atomic E-state index is 12.8. The number of nitrogens with zero attached hydrogens (tertiary/aromatic N) is 1. The second kappa shape index (κ2) is 8.24. The maximum Gasteiger partial charge on any atom is 0.262 e. The molecule has 8 heteroatoms. The van der Waals surface area contributed by atoms with E-state index in [4.69, 9.17) is 16.3 Å². The molecule has 1 N–H and O–H groups in total. The zero-order chi connectivity index (χ0) is 20.3. The second-order valence-corrected chi connectivity index (χ2v) is 8.64. The molecule has 1 aliphatic heterocycles. The second-order valence-electron chi connectivity index (χ2n) is 6.52. The van der Waals surface area contributed by atoms with E-state index >= 15 is 0 Å². The summed E-state index contributed by atoms with van der Waals surface area (Å²) in [6.45, 7) is 5.12. The third kappa shape index (κ3) is 4.48. The Morgan fingerprint density at radius 1 is 1.18 bits per heavy atom. The number of amides is 1. The van der Waals surface area contributed by atoms with Crippen molar-refractivity contribution in [3.8, 4) is 5.75 Å². The highest BCUT2D eigenvalue weighted by Crippen LogP contribution is 2.30. The predicted molar refractivity (Wildman–Crippen MR) is 110 cm³/mol. The van der Waals surface area contributed by atoms with Gasteiger partial charge >= 0.3 is 0 Å². The molecule has 2 aromatic rings. The number of likely N-dealkylation sites (tertiary alicyclic amines) is 1. The summed E-state index contributed by atoms with van der Waals surface area (Å²) in [6.07, 6.45) is 1.53. The molecule has 1 heterocycles. The highest BCUT2D eigenvalue weighted by Gasteiger charge is 2.22. The number of piperidine rings is 1. The molecular formula is C20H21ClN2O4S. The largest absolute Gasteiger partial charge is 0.495 e. The molecule has 1 saturated heterocycles. The lowest BCUT2D eigenvalue weighted by Gasteiger charge is -2.28. The van der Waals surface area contributed by atoms with Crippen LogP contribution in [0.4, 0.5) is 5.69 Å². The molecular weight excluding hydrogens is 400 g/mol. The SMILES string of the molecule is C=C1CCN(C(=O)c2cccc(S(=O)(=O)Nc3cc(Cl)ccc3OC)c2)CC1. The van der Waals surface area contributed by atoms with Gasteiger partial charge in [0.05, 0.1) is 17.7 Å². The summed E-state index contributed by atoms with van der Waals surface area (Å²) in [5.41, 5.74) is 1.68. The number of benzene rings is 2. The van der Waals surface area contributed by atoms with E-state index in [0.717, 1.165) is 18.4 Å². The average molecular weight is 421 g/mol. The molecule has 1 aliphatic rings. The van der Waals surface area contributed by atoms with Crippen LogP contribution in [0.1, 0.15) is 23.2 Å². The highest BCUT2D eigenvalue weighted by molar-refractivity contribution is 7.92. The lowest BCUT2D eigenvalue weighted by Crippen LogP contribution is -2.36. The van der Waals surface area contributed by atoms with Crippen molar-refractivity contribution in [2.24, 2.45) is 0 Å². The fourth-order valence-corrected chi connectivity index (χ4v) is 4.25. The lowest BCUT2D eigenvalue weighted by atomic mass is 10.0. The molecule has 28 heavy (non-hydrogen) atoms. The number of methoxy groups -OCH3 is 1. The number of anilines is 1. The van der Waals surface area contributed by atoms with Gasteiger partial charge in [-0.15, -0.1) is 0 Å². The third-order valence-electron chi connectivity index (χ3n) is 4.55. The van der Waals surface area contributed by atoms with Crippen LogP contribution in [0.2, 0.25) is 5.02 Å². The molecule has 0 saturated carbocycles. The van der Waals surface area contributed by atoms with Crippen LogP contribution < -0.4 is 9.46 Å². The van der Waals surface area contributed by atoms with Gasteiger partial charge in [-0.05, 0) is 49.2 Å². The first-order chi connectivity index (χ1) is 13.3. The molecule has 0 aliphatic carbocycles. The van der Waals surface area contributed by atoms with Crippen LogP contribution in [0.25, 0.3) is 0 Å². The van der Waals surface area contributed by atoms with E-state index in [1.165, 1.54) is 25.3 Å².